The lowest BCUT2D eigenvalue weighted by molar-refractivity contribution is -0.384. The molecule has 0 bridgehead atoms. The zero-order valence-corrected chi connectivity index (χ0v) is 17.7. The molecule has 30 heavy (non-hydrogen) atoms. The molecule has 3 aromatic rings. The third-order valence-electron chi connectivity index (χ3n) is 5.39. The largest absolute Gasteiger partial charge is 0.350 e. The molecule has 1 aliphatic heterocycles. The van der Waals surface area contributed by atoms with Gasteiger partial charge >= 0.3 is 0 Å². The molecule has 2 aromatic carbocycles. The third-order valence-corrected chi connectivity index (χ3v) is 6.42. The fourth-order valence-corrected chi connectivity index (χ4v) is 4.70. The first-order chi connectivity index (χ1) is 14.5. The fourth-order valence-electron chi connectivity index (χ4n) is 3.79. The lowest BCUT2D eigenvalue weighted by Gasteiger charge is -2.35. The summed E-state index contributed by atoms with van der Waals surface area (Å²) in [6, 6.07) is 14.4. The molecular weight excluding hydrogens is 422 g/mol. The van der Waals surface area contributed by atoms with Crippen molar-refractivity contribution in [2.75, 3.05) is 13.1 Å². The fraction of sp³-hybridized carbons (Fsp3) is 0.227. The number of hydrogen-bond donors (Lipinski definition) is 1. The first kappa shape index (κ1) is 20.5. The molecule has 6 nitrogen and oxygen atoms in total. The molecule has 0 aliphatic carbocycles. The Labute approximate surface area is 183 Å². The van der Waals surface area contributed by atoms with Gasteiger partial charge in [0.2, 0.25) is 0 Å². The number of benzene rings is 2. The number of carbonyl (C=O) groups excluding carboxylic acids is 1. The first-order valence-corrected chi connectivity index (χ1v) is 10.9. The number of hydrogen-bond acceptors (Lipinski definition) is 5. The molecule has 4 rings (SSSR count). The number of nitrogens with zero attached hydrogens (tertiary/aromatic N) is 2. The molecule has 0 saturated heterocycles. The van der Waals surface area contributed by atoms with E-state index in [2.05, 4.69) is 39.9 Å². The number of nitro groups is 1. The summed E-state index contributed by atoms with van der Waals surface area (Å²) in [5.41, 5.74) is 3.76. The maximum atomic E-state index is 12.8. The lowest BCUT2D eigenvalue weighted by atomic mass is 9.97. The average Bonchev–Trinajstić information content (AvgIpc) is 3.28. The minimum atomic E-state index is -0.535. The normalized spacial score (nSPS) is 14.7. The van der Waals surface area contributed by atoms with Crippen LogP contribution in [0.5, 0.6) is 0 Å². The number of carbonyl (C=O) groups is 1. The van der Waals surface area contributed by atoms with Crippen LogP contribution in [-0.4, -0.2) is 28.8 Å². The van der Waals surface area contributed by atoms with Crippen molar-refractivity contribution < 1.29 is 9.72 Å². The minimum Gasteiger partial charge on any atom is -0.350 e. The van der Waals surface area contributed by atoms with E-state index in [1.54, 1.807) is 11.3 Å². The summed E-state index contributed by atoms with van der Waals surface area (Å²) in [6.45, 7) is 2.09. The van der Waals surface area contributed by atoms with Crippen LogP contribution in [0, 0.1) is 10.1 Å². The summed E-state index contributed by atoms with van der Waals surface area (Å²) in [7, 11) is 0. The summed E-state index contributed by atoms with van der Waals surface area (Å²) in [5.74, 6) is -0.415. The van der Waals surface area contributed by atoms with E-state index in [9.17, 15) is 14.9 Å². The van der Waals surface area contributed by atoms with Gasteiger partial charge in [0.1, 0.15) is 0 Å². The Morgan fingerprint density at radius 3 is 2.77 bits per heavy atom. The molecule has 1 atom stereocenters. The maximum Gasteiger partial charge on any atom is 0.270 e. The van der Waals surface area contributed by atoms with E-state index >= 15 is 0 Å². The molecule has 0 radical (unpaired) electrons. The molecule has 8 heteroatoms. The Morgan fingerprint density at radius 1 is 1.23 bits per heavy atom. The van der Waals surface area contributed by atoms with Crippen LogP contribution in [-0.2, 0) is 13.0 Å². The van der Waals surface area contributed by atoms with E-state index in [-0.39, 0.29) is 22.3 Å². The van der Waals surface area contributed by atoms with Crippen molar-refractivity contribution in [3.8, 4) is 0 Å². The summed E-state index contributed by atoms with van der Waals surface area (Å²) in [5, 5.41) is 18.3. The molecule has 1 unspecified atom stereocenters. The van der Waals surface area contributed by atoms with Gasteiger partial charge in [0.15, 0.2) is 0 Å². The maximum absolute atomic E-state index is 12.8. The van der Waals surface area contributed by atoms with Crippen LogP contribution in [0.3, 0.4) is 0 Å². The zero-order valence-electron chi connectivity index (χ0n) is 16.1. The first-order valence-electron chi connectivity index (χ1n) is 9.58. The number of non-ortho nitro benzene ring substituents is 1. The van der Waals surface area contributed by atoms with Crippen LogP contribution in [0.25, 0.3) is 0 Å². The van der Waals surface area contributed by atoms with Crippen LogP contribution >= 0.6 is 22.9 Å². The Morgan fingerprint density at radius 2 is 2.03 bits per heavy atom. The van der Waals surface area contributed by atoms with Crippen molar-refractivity contribution in [1.29, 1.82) is 0 Å². The molecular formula is C22H20ClN3O3S. The van der Waals surface area contributed by atoms with Crippen LogP contribution in [0.15, 0.2) is 59.3 Å². The molecule has 1 N–H and O–H groups in total. The van der Waals surface area contributed by atoms with Gasteiger partial charge in [-0.25, -0.2) is 0 Å². The van der Waals surface area contributed by atoms with Crippen molar-refractivity contribution in [2.45, 2.75) is 19.0 Å². The van der Waals surface area contributed by atoms with E-state index < -0.39 is 10.8 Å². The van der Waals surface area contributed by atoms with Gasteiger partial charge in [-0.1, -0.05) is 35.9 Å². The molecule has 154 valence electrons. The van der Waals surface area contributed by atoms with Crippen molar-refractivity contribution in [1.82, 2.24) is 10.2 Å². The number of nitro benzene ring substituents is 1. The van der Waals surface area contributed by atoms with E-state index in [1.807, 2.05) is 11.4 Å². The molecule has 0 spiro atoms. The molecule has 1 amide bonds. The zero-order chi connectivity index (χ0) is 21.1. The minimum absolute atomic E-state index is 0.00558. The van der Waals surface area contributed by atoms with Crippen LogP contribution < -0.4 is 5.32 Å². The Balaban J connectivity index is 1.52. The van der Waals surface area contributed by atoms with Gasteiger partial charge in [0.05, 0.1) is 21.6 Å². The molecule has 0 fully saturated rings. The Kier molecular flexibility index (Phi) is 6.13. The van der Waals surface area contributed by atoms with Gasteiger partial charge in [-0.05, 0) is 46.0 Å². The van der Waals surface area contributed by atoms with Crippen molar-refractivity contribution >= 4 is 34.5 Å². The van der Waals surface area contributed by atoms with Gasteiger partial charge < -0.3 is 5.32 Å². The average molecular weight is 442 g/mol. The summed E-state index contributed by atoms with van der Waals surface area (Å²) >= 11 is 7.74. The topological polar surface area (TPSA) is 75.5 Å². The SMILES string of the molecule is O=C(NCC(c1ccsc1)N1CCc2ccccc2C1)c1cc([N+](=O)[O-])ccc1Cl. The number of amides is 1. The number of nitrogens with one attached hydrogen (secondary N) is 1. The highest BCUT2D eigenvalue weighted by Gasteiger charge is 2.26. The second-order valence-corrected chi connectivity index (χ2v) is 8.38. The Bertz CT molecular complexity index is 1070. The van der Waals surface area contributed by atoms with Crippen LogP contribution in [0.4, 0.5) is 5.69 Å². The van der Waals surface area contributed by atoms with E-state index in [0.717, 1.165) is 25.1 Å². The molecule has 0 saturated carbocycles. The van der Waals surface area contributed by atoms with Gasteiger partial charge in [0, 0.05) is 31.8 Å². The Hall–Kier alpha value is -2.74. The molecule has 2 heterocycles. The lowest BCUT2D eigenvalue weighted by Crippen LogP contribution is -2.40. The van der Waals surface area contributed by atoms with Crippen molar-refractivity contribution in [3.05, 3.63) is 96.7 Å². The summed E-state index contributed by atoms with van der Waals surface area (Å²) in [6.07, 6.45) is 0.960. The van der Waals surface area contributed by atoms with E-state index in [1.165, 1.54) is 29.3 Å². The monoisotopic (exact) mass is 441 g/mol. The number of fused-ring (bicyclic) bond motifs is 1. The second-order valence-electron chi connectivity index (χ2n) is 7.19. The van der Waals surface area contributed by atoms with E-state index in [0.29, 0.717) is 6.54 Å². The standard InChI is InChI=1S/C22H20ClN3O3S/c23-20-6-5-18(26(28)29)11-19(20)22(27)24-12-21(17-8-10-30-14-17)25-9-7-15-3-1-2-4-16(15)13-25/h1-6,8,10-11,14,21H,7,9,12-13H2,(H,24,27). The van der Waals surface area contributed by atoms with Crippen LogP contribution in [0.1, 0.15) is 33.1 Å². The van der Waals surface area contributed by atoms with Gasteiger partial charge in [0.25, 0.3) is 11.6 Å². The van der Waals surface area contributed by atoms with Crippen LogP contribution in [0.2, 0.25) is 5.02 Å². The highest BCUT2D eigenvalue weighted by Crippen LogP contribution is 2.29. The predicted molar refractivity (Wildman–Crippen MR) is 118 cm³/mol. The number of thiophene rings is 1. The molecule has 1 aliphatic rings. The van der Waals surface area contributed by atoms with Gasteiger partial charge in [-0.15, -0.1) is 0 Å². The number of rotatable bonds is 6. The van der Waals surface area contributed by atoms with Gasteiger partial charge in [-0.3, -0.25) is 19.8 Å². The highest BCUT2D eigenvalue weighted by atomic mass is 35.5. The van der Waals surface area contributed by atoms with E-state index in [4.69, 9.17) is 11.6 Å². The van der Waals surface area contributed by atoms with Crippen molar-refractivity contribution in [2.24, 2.45) is 0 Å². The summed E-state index contributed by atoms with van der Waals surface area (Å²) in [4.78, 5) is 25.6. The smallest absolute Gasteiger partial charge is 0.270 e. The predicted octanol–water partition coefficient (Wildman–Crippen LogP) is 4.84. The highest BCUT2D eigenvalue weighted by molar-refractivity contribution is 7.08. The quantitative estimate of drug-likeness (QED) is 0.438. The third kappa shape index (κ3) is 4.38. The summed E-state index contributed by atoms with van der Waals surface area (Å²) < 4.78 is 0. The second kappa shape index (κ2) is 8.95. The molecule has 1 aromatic heterocycles. The number of halogens is 1. The van der Waals surface area contributed by atoms with Gasteiger partial charge in [-0.2, -0.15) is 11.3 Å². The van der Waals surface area contributed by atoms with Crippen molar-refractivity contribution in [3.63, 3.8) is 0 Å².